The Balaban J connectivity index is 1.39. The monoisotopic (exact) mass is 456 g/mol. The lowest BCUT2D eigenvalue weighted by atomic mass is 10.1. The fourth-order valence-corrected chi connectivity index (χ4v) is 3.55. The summed E-state index contributed by atoms with van der Waals surface area (Å²) in [5.41, 5.74) is 2.01. The normalized spacial score (nSPS) is 12.3. The van der Waals surface area contributed by atoms with Crippen LogP contribution in [0.5, 0.6) is 0 Å². The van der Waals surface area contributed by atoms with E-state index in [4.69, 9.17) is 4.74 Å². The summed E-state index contributed by atoms with van der Waals surface area (Å²) in [4.78, 5) is 62.6. The van der Waals surface area contributed by atoms with Crippen LogP contribution in [0.4, 0.5) is 5.69 Å². The number of hydrogen-bond acceptors (Lipinski definition) is 6. The van der Waals surface area contributed by atoms with Crippen LogP contribution >= 0.6 is 0 Å². The number of nitrogens with zero attached hydrogens (tertiary/aromatic N) is 1. The summed E-state index contributed by atoms with van der Waals surface area (Å²) in [5, 5.41) is 2.55. The number of benzene rings is 3. The Hall–Kier alpha value is -4.59. The Bertz CT molecular complexity index is 1320. The first kappa shape index (κ1) is 22.6. The molecular formula is C26H20N2O6. The van der Waals surface area contributed by atoms with E-state index in [-0.39, 0.29) is 29.0 Å². The number of carbonyl (C=O) groups excluding carboxylic acids is 5. The van der Waals surface area contributed by atoms with Gasteiger partial charge >= 0.3 is 5.97 Å². The number of rotatable bonds is 7. The van der Waals surface area contributed by atoms with Crippen LogP contribution in [0.25, 0.3) is 0 Å². The number of Topliss-reactive ketones (excluding diaryl/α,β-unsaturated/α-hetero) is 1. The largest absolute Gasteiger partial charge is 0.452 e. The van der Waals surface area contributed by atoms with E-state index >= 15 is 0 Å². The molecule has 0 aromatic heterocycles. The Morgan fingerprint density at radius 2 is 1.56 bits per heavy atom. The van der Waals surface area contributed by atoms with Gasteiger partial charge in [-0.3, -0.25) is 24.1 Å². The molecule has 3 amide bonds. The lowest BCUT2D eigenvalue weighted by Crippen LogP contribution is -2.29. The first-order chi connectivity index (χ1) is 16.3. The van der Waals surface area contributed by atoms with Gasteiger partial charge in [-0.25, -0.2) is 4.79 Å². The van der Waals surface area contributed by atoms with E-state index in [1.165, 1.54) is 31.2 Å². The minimum atomic E-state index is -0.808. The second-order valence-electron chi connectivity index (χ2n) is 7.70. The molecule has 0 atom stereocenters. The Labute approximate surface area is 195 Å². The van der Waals surface area contributed by atoms with Crippen LogP contribution in [0, 0.1) is 0 Å². The summed E-state index contributed by atoms with van der Waals surface area (Å²) >= 11 is 0. The molecule has 4 rings (SSSR count). The molecule has 1 aliphatic rings. The van der Waals surface area contributed by atoms with Crippen LogP contribution < -0.4 is 5.32 Å². The van der Waals surface area contributed by atoms with Crippen molar-refractivity contribution in [1.82, 2.24) is 4.90 Å². The van der Waals surface area contributed by atoms with E-state index in [1.54, 1.807) is 18.2 Å². The topological polar surface area (TPSA) is 110 Å². The van der Waals surface area contributed by atoms with Gasteiger partial charge < -0.3 is 10.1 Å². The number of imide groups is 1. The van der Waals surface area contributed by atoms with Crippen molar-refractivity contribution in [2.45, 2.75) is 13.5 Å². The van der Waals surface area contributed by atoms with Crippen molar-refractivity contribution in [3.05, 3.63) is 101 Å². The number of carbonyl (C=O) groups is 5. The summed E-state index contributed by atoms with van der Waals surface area (Å²) in [6.07, 6.45) is 0. The predicted molar refractivity (Wildman–Crippen MR) is 122 cm³/mol. The molecule has 0 saturated heterocycles. The van der Waals surface area contributed by atoms with Gasteiger partial charge in [0.1, 0.15) is 0 Å². The Kier molecular flexibility index (Phi) is 6.31. The summed E-state index contributed by atoms with van der Waals surface area (Å²) in [5.74, 6) is -2.47. The molecule has 170 valence electrons. The molecule has 34 heavy (non-hydrogen) atoms. The fourth-order valence-electron chi connectivity index (χ4n) is 3.55. The van der Waals surface area contributed by atoms with Gasteiger partial charge in [0.05, 0.1) is 23.2 Å². The van der Waals surface area contributed by atoms with Gasteiger partial charge in [0, 0.05) is 11.3 Å². The van der Waals surface area contributed by atoms with Crippen molar-refractivity contribution in [2.24, 2.45) is 0 Å². The zero-order valence-electron chi connectivity index (χ0n) is 18.2. The molecule has 3 aromatic rings. The molecular weight excluding hydrogens is 436 g/mol. The molecule has 8 heteroatoms. The smallest absolute Gasteiger partial charge is 0.338 e. The predicted octanol–water partition coefficient (Wildman–Crippen LogP) is 3.48. The number of ether oxygens (including phenoxy) is 1. The first-order valence-electron chi connectivity index (χ1n) is 10.5. The lowest BCUT2D eigenvalue weighted by molar-refractivity contribution is -0.119. The van der Waals surface area contributed by atoms with Gasteiger partial charge in [-0.2, -0.15) is 0 Å². The highest BCUT2D eigenvalue weighted by Gasteiger charge is 2.36. The van der Waals surface area contributed by atoms with Crippen molar-refractivity contribution in [1.29, 1.82) is 0 Å². The third-order valence-electron chi connectivity index (χ3n) is 5.28. The molecule has 8 nitrogen and oxygen atoms in total. The maximum absolute atomic E-state index is 12.8. The summed E-state index contributed by atoms with van der Waals surface area (Å²) in [7, 11) is 0. The van der Waals surface area contributed by atoms with Crippen LogP contribution in [0.15, 0.2) is 72.8 Å². The van der Waals surface area contributed by atoms with E-state index in [9.17, 15) is 24.0 Å². The minimum Gasteiger partial charge on any atom is -0.452 e. The van der Waals surface area contributed by atoms with Gasteiger partial charge in [0.2, 0.25) is 0 Å². The fraction of sp³-hybridized carbons (Fsp3) is 0.115. The van der Waals surface area contributed by atoms with Crippen molar-refractivity contribution >= 4 is 35.2 Å². The van der Waals surface area contributed by atoms with Gasteiger partial charge in [-0.05, 0) is 42.8 Å². The summed E-state index contributed by atoms with van der Waals surface area (Å²) in [6, 6.07) is 19.6. The number of ketones is 1. The number of fused-ring (bicyclic) bond motifs is 1. The van der Waals surface area contributed by atoms with Crippen molar-refractivity contribution < 1.29 is 28.7 Å². The summed E-state index contributed by atoms with van der Waals surface area (Å²) < 4.78 is 5.06. The van der Waals surface area contributed by atoms with Gasteiger partial charge in [0.25, 0.3) is 17.7 Å². The standard InChI is InChI=1S/C26H20N2O6/c1-16(29)18-8-5-9-20(12-18)27-23(30)15-34-26(33)19-10-11-21-22(13-19)25(32)28(24(21)31)14-17-6-3-2-4-7-17/h2-13H,14-15H2,1H3,(H,27,30). The second-order valence-corrected chi connectivity index (χ2v) is 7.70. The van der Waals surface area contributed by atoms with Crippen LogP contribution in [0.2, 0.25) is 0 Å². The van der Waals surface area contributed by atoms with E-state index < -0.39 is 30.3 Å². The van der Waals surface area contributed by atoms with Crippen LogP contribution in [-0.4, -0.2) is 41.0 Å². The van der Waals surface area contributed by atoms with Gasteiger partial charge in [-0.1, -0.05) is 42.5 Å². The maximum atomic E-state index is 12.8. The average Bonchev–Trinajstić information content (AvgIpc) is 3.07. The van der Waals surface area contributed by atoms with Crippen LogP contribution in [0.3, 0.4) is 0 Å². The van der Waals surface area contributed by atoms with Crippen molar-refractivity contribution in [3.63, 3.8) is 0 Å². The molecule has 0 bridgehead atoms. The van der Waals surface area contributed by atoms with Crippen LogP contribution in [-0.2, 0) is 16.1 Å². The molecule has 0 unspecified atom stereocenters. The van der Waals surface area contributed by atoms with Crippen LogP contribution in [0.1, 0.15) is 53.9 Å². The Morgan fingerprint density at radius 3 is 2.29 bits per heavy atom. The molecule has 1 N–H and O–H groups in total. The molecule has 1 aliphatic heterocycles. The second kappa shape index (κ2) is 9.50. The number of esters is 1. The highest BCUT2D eigenvalue weighted by atomic mass is 16.5. The third kappa shape index (κ3) is 4.75. The first-order valence-corrected chi connectivity index (χ1v) is 10.5. The Morgan fingerprint density at radius 1 is 0.824 bits per heavy atom. The SMILES string of the molecule is CC(=O)c1cccc(NC(=O)COC(=O)c2ccc3c(c2)C(=O)N(Cc2ccccc2)C3=O)c1. The van der Waals surface area contributed by atoms with E-state index in [2.05, 4.69) is 5.32 Å². The van der Waals surface area contributed by atoms with Gasteiger partial charge in [0.15, 0.2) is 12.4 Å². The van der Waals surface area contributed by atoms with Crippen molar-refractivity contribution in [2.75, 3.05) is 11.9 Å². The average molecular weight is 456 g/mol. The van der Waals surface area contributed by atoms with E-state index in [0.717, 1.165) is 10.5 Å². The number of anilines is 1. The van der Waals surface area contributed by atoms with E-state index in [1.807, 2.05) is 30.3 Å². The highest BCUT2D eigenvalue weighted by molar-refractivity contribution is 6.21. The maximum Gasteiger partial charge on any atom is 0.338 e. The lowest BCUT2D eigenvalue weighted by Gasteiger charge is -2.13. The minimum absolute atomic E-state index is 0.0489. The number of nitrogens with one attached hydrogen (secondary N) is 1. The molecule has 0 aliphatic carbocycles. The summed E-state index contributed by atoms with van der Waals surface area (Å²) in [6.45, 7) is 0.976. The zero-order chi connectivity index (χ0) is 24.2. The van der Waals surface area contributed by atoms with E-state index in [0.29, 0.717) is 11.3 Å². The van der Waals surface area contributed by atoms with Crippen molar-refractivity contribution in [3.8, 4) is 0 Å². The quantitative estimate of drug-likeness (QED) is 0.331. The molecule has 3 aromatic carbocycles. The molecule has 1 heterocycles. The van der Waals surface area contributed by atoms with Gasteiger partial charge in [-0.15, -0.1) is 0 Å². The molecule has 0 spiro atoms. The zero-order valence-corrected chi connectivity index (χ0v) is 18.2. The molecule has 0 saturated carbocycles. The highest BCUT2D eigenvalue weighted by Crippen LogP contribution is 2.26. The third-order valence-corrected chi connectivity index (χ3v) is 5.28. The number of hydrogen-bond donors (Lipinski definition) is 1. The number of amides is 3. The molecule has 0 radical (unpaired) electrons. The molecule has 0 fully saturated rings.